The first-order chi connectivity index (χ1) is 28.7. The highest BCUT2D eigenvalue weighted by atomic mass is 16.3. The van der Waals surface area contributed by atoms with Gasteiger partial charge in [0.15, 0.2) is 0 Å². The van der Waals surface area contributed by atoms with E-state index in [2.05, 4.69) is 182 Å². The summed E-state index contributed by atoms with van der Waals surface area (Å²) in [6, 6.07) is 70.1. The summed E-state index contributed by atoms with van der Waals surface area (Å²) in [5, 5.41) is 4.41. The molecule has 0 radical (unpaired) electrons. The maximum Gasteiger partial charge on any atom is 0.135 e. The van der Waals surface area contributed by atoms with Gasteiger partial charge in [-0.2, -0.15) is 0 Å². The van der Waals surface area contributed by atoms with Gasteiger partial charge in [-0.15, -0.1) is 0 Å². The minimum absolute atomic E-state index is 0.398. The lowest BCUT2D eigenvalue weighted by Gasteiger charge is -2.30. The molecule has 3 aromatic heterocycles. The van der Waals surface area contributed by atoms with Crippen LogP contribution in [0.1, 0.15) is 22.3 Å². The summed E-state index contributed by atoms with van der Waals surface area (Å²) >= 11 is 0. The second kappa shape index (κ2) is 11.7. The van der Waals surface area contributed by atoms with Crippen molar-refractivity contribution in [1.82, 2.24) is 9.97 Å². The van der Waals surface area contributed by atoms with E-state index < -0.39 is 5.41 Å². The van der Waals surface area contributed by atoms with E-state index in [-0.39, 0.29) is 0 Å². The summed E-state index contributed by atoms with van der Waals surface area (Å²) in [6.07, 6.45) is 0. The minimum atomic E-state index is -0.398. The summed E-state index contributed by atoms with van der Waals surface area (Å²) in [4.78, 5) is 10.7. The Balaban J connectivity index is 0.919. The van der Waals surface area contributed by atoms with Crippen LogP contribution in [0, 0.1) is 0 Å². The number of hydrogen-bond donors (Lipinski definition) is 0. The number of nitrogens with zero attached hydrogens (tertiary/aromatic N) is 2. The molecule has 0 saturated heterocycles. The first-order valence-electron chi connectivity index (χ1n) is 19.9. The average molecular weight is 737 g/mol. The van der Waals surface area contributed by atoms with Gasteiger partial charge in [-0.05, 0) is 92.0 Å². The Morgan fingerprint density at radius 2 is 0.810 bits per heavy atom. The largest absolute Gasteiger partial charge is 0.456 e. The molecule has 268 valence electrons. The molecule has 2 aliphatic carbocycles. The number of furan rings is 1. The van der Waals surface area contributed by atoms with Crippen molar-refractivity contribution >= 4 is 43.7 Å². The van der Waals surface area contributed by atoms with Gasteiger partial charge in [0.25, 0.3) is 0 Å². The Kier molecular flexibility index (Phi) is 6.37. The first kappa shape index (κ1) is 31.6. The SMILES string of the molecule is c1ccc2c(c1)-c1ccccc1C21c2ccccc2-c2ccc(-c3ccc4ccc5ccc(-c6ccc(-c7ccc8oc9ccccc9c8c7)cc6)nc5c4n3)cc21. The molecular weight excluding hydrogens is 705 g/mol. The zero-order chi connectivity index (χ0) is 38.0. The van der Waals surface area contributed by atoms with Gasteiger partial charge in [-0.25, -0.2) is 9.97 Å². The zero-order valence-corrected chi connectivity index (χ0v) is 31.3. The lowest BCUT2D eigenvalue weighted by Crippen LogP contribution is -2.25. The van der Waals surface area contributed by atoms with Crippen molar-refractivity contribution in [2.24, 2.45) is 0 Å². The van der Waals surface area contributed by atoms with Crippen LogP contribution in [-0.4, -0.2) is 9.97 Å². The van der Waals surface area contributed by atoms with E-state index in [9.17, 15) is 0 Å². The van der Waals surface area contributed by atoms with Gasteiger partial charge in [-0.3, -0.25) is 0 Å². The number of aromatic nitrogens is 2. The molecule has 2 aliphatic rings. The average Bonchev–Trinajstić information content (AvgIpc) is 3.92. The van der Waals surface area contributed by atoms with Crippen molar-refractivity contribution in [2.75, 3.05) is 0 Å². The quantitative estimate of drug-likeness (QED) is 0.170. The van der Waals surface area contributed by atoms with E-state index in [1.807, 2.05) is 12.1 Å². The highest BCUT2D eigenvalue weighted by Gasteiger charge is 2.51. The normalized spacial score (nSPS) is 13.3. The van der Waals surface area contributed by atoms with Crippen molar-refractivity contribution < 1.29 is 4.42 Å². The van der Waals surface area contributed by atoms with Gasteiger partial charge < -0.3 is 4.42 Å². The molecule has 0 bridgehead atoms. The molecule has 0 N–H and O–H groups in total. The molecule has 0 fully saturated rings. The fourth-order valence-electron chi connectivity index (χ4n) is 10.1. The van der Waals surface area contributed by atoms with Gasteiger partial charge in [0.2, 0.25) is 0 Å². The Morgan fingerprint density at radius 1 is 0.328 bits per heavy atom. The van der Waals surface area contributed by atoms with E-state index in [4.69, 9.17) is 14.4 Å². The molecule has 58 heavy (non-hydrogen) atoms. The van der Waals surface area contributed by atoms with Crippen LogP contribution in [0.25, 0.3) is 99.6 Å². The Morgan fingerprint density at radius 3 is 1.47 bits per heavy atom. The maximum absolute atomic E-state index is 6.08. The number of hydrogen-bond acceptors (Lipinski definition) is 3. The Labute approximate surface area is 334 Å². The number of rotatable bonds is 3. The molecule has 1 spiro atoms. The molecule has 11 aromatic rings. The van der Waals surface area contributed by atoms with Crippen LogP contribution >= 0.6 is 0 Å². The summed E-state index contributed by atoms with van der Waals surface area (Å²) in [6.45, 7) is 0. The topological polar surface area (TPSA) is 38.9 Å². The van der Waals surface area contributed by atoms with Gasteiger partial charge in [0.1, 0.15) is 11.2 Å². The van der Waals surface area contributed by atoms with Crippen LogP contribution in [0.15, 0.2) is 199 Å². The highest BCUT2D eigenvalue weighted by molar-refractivity contribution is 6.07. The van der Waals surface area contributed by atoms with E-state index >= 15 is 0 Å². The number of benzene rings is 8. The molecule has 0 aliphatic heterocycles. The predicted octanol–water partition coefficient (Wildman–Crippen LogP) is 14.0. The van der Waals surface area contributed by atoms with Crippen LogP contribution in [0.5, 0.6) is 0 Å². The van der Waals surface area contributed by atoms with Crippen molar-refractivity contribution in [3.63, 3.8) is 0 Å². The third-order valence-corrected chi connectivity index (χ3v) is 12.7. The van der Waals surface area contributed by atoms with E-state index in [0.29, 0.717) is 0 Å². The molecular formula is C55H32N2O. The summed E-state index contributed by atoms with van der Waals surface area (Å²) in [7, 11) is 0. The molecule has 3 nitrogen and oxygen atoms in total. The van der Waals surface area contributed by atoms with Crippen molar-refractivity contribution in [3.8, 4) is 55.9 Å². The van der Waals surface area contributed by atoms with Crippen molar-refractivity contribution in [3.05, 3.63) is 216 Å². The standard InChI is InChI=1S/C55H32N2O/c1-5-13-45-39(9-1)40-10-2-6-14-46(40)55(45)47-15-7-3-11-41(47)42-27-23-38(32-48(42)55)50-29-25-36-22-21-35-24-28-49(56-53(35)54(36)57-50)34-19-17-33(18-20-34)37-26-30-52-44(31-37)43-12-4-8-16-51(43)58-52/h1-32H. The van der Waals surface area contributed by atoms with E-state index in [1.165, 1.54) is 44.5 Å². The fourth-order valence-corrected chi connectivity index (χ4v) is 10.1. The third-order valence-electron chi connectivity index (χ3n) is 12.7. The lowest BCUT2D eigenvalue weighted by molar-refractivity contribution is 0.669. The maximum atomic E-state index is 6.08. The molecule has 0 saturated carbocycles. The highest BCUT2D eigenvalue weighted by Crippen LogP contribution is 2.63. The van der Waals surface area contributed by atoms with Crippen LogP contribution in [-0.2, 0) is 5.41 Å². The summed E-state index contributed by atoms with van der Waals surface area (Å²) in [5.74, 6) is 0. The molecule has 0 amide bonds. The molecule has 3 heterocycles. The Hall–Kier alpha value is -7.62. The molecule has 13 rings (SSSR count). The second-order valence-corrected chi connectivity index (χ2v) is 15.6. The summed E-state index contributed by atoms with van der Waals surface area (Å²) in [5.41, 5.74) is 20.1. The predicted molar refractivity (Wildman–Crippen MR) is 237 cm³/mol. The van der Waals surface area contributed by atoms with Crippen LogP contribution in [0.3, 0.4) is 0 Å². The van der Waals surface area contributed by atoms with Crippen LogP contribution < -0.4 is 0 Å². The minimum Gasteiger partial charge on any atom is -0.456 e. The molecule has 0 unspecified atom stereocenters. The fraction of sp³-hybridized carbons (Fsp3) is 0.0182. The number of para-hydroxylation sites is 1. The van der Waals surface area contributed by atoms with Gasteiger partial charge in [0, 0.05) is 32.7 Å². The number of pyridine rings is 2. The van der Waals surface area contributed by atoms with Crippen molar-refractivity contribution in [1.29, 1.82) is 0 Å². The molecule has 3 heteroatoms. The Bertz CT molecular complexity index is 3460. The smallest absolute Gasteiger partial charge is 0.135 e. The van der Waals surface area contributed by atoms with E-state index in [1.54, 1.807) is 0 Å². The number of fused-ring (bicyclic) bond motifs is 16. The van der Waals surface area contributed by atoms with E-state index in [0.717, 1.165) is 77.4 Å². The monoisotopic (exact) mass is 736 g/mol. The second-order valence-electron chi connectivity index (χ2n) is 15.6. The van der Waals surface area contributed by atoms with Crippen molar-refractivity contribution in [2.45, 2.75) is 5.41 Å². The third kappa shape index (κ3) is 4.28. The zero-order valence-electron chi connectivity index (χ0n) is 31.3. The summed E-state index contributed by atoms with van der Waals surface area (Å²) < 4.78 is 6.08. The van der Waals surface area contributed by atoms with Gasteiger partial charge in [-0.1, -0.05) is 158 Å². The lowest BCUT2D eigenvalue weighted by atomic mass is 9.70. The molecule has 0 atom stereocenters. The van der Waals surface area contributed by atoms with Gasteiger partial charge >= 0.3 is 0 Å². The van der Waals surface area contributed by atoms with Gasteiger partial charge in [0.05, 0.1) is 27.8 Å². The van der Waals surface area contributed by atoms with Crippen LogP contribution in [0.4, 0.5) is 0 Å². The van der Waals surface area contributed by atoms with Crippen LogP contribution in [0.2, 0.25) is 0 Å². The first-order valence-corrected chi connectivity index (χ1v) is 19.9. The molecule has 8 aromatic carbocycles.